The van der Waals surface area contributed by atoms with E-state index >= 15 is 0 Å². The second kappa shape index (κ2) is 10.3. The number of carbonyl (C=O) groups excluding carboxylic acids is 3. The first-order chi connectivity index (χ1) is 16.1. The molecule has 14 heteroatoms. The first kappa shape index (κ1) is 24.7. The van der Waals surface area contributed by atoms with Crippen LogP contribution in [0.4, 0.5) is 16.3 Å². The Kier molecular flexibility index (Phi) is 7.48. The molecule has 1 saturated heterocycles. The maximum Gasteiger partial charge on any atom is 0.409 e. The van der Waals surface area contributed by atoms with Crippen LogP contribution in [0.5, 0.6) is 0 Å². The van der Waals surface area contributed by atoms with Crippen molar-refractivity contribution in [2.75, 3.05) is 38.1 Å². The molecule has 184 valence electrons. The van der Waals surface area contributed by atoms with Crippen LogP contribution >= 0.6 is 0 Å². The van der Waals surface area contributed by atoms with Gasteiger partial charge in [0.2, 0.25) is 11.8 Å². The molecule has 14 nitrogen and oxygen atoms in total. The highest BCUT2D eigenvalue weighted by atomic mass is 16.6. The number of hydrogen-bond donors (Lipinski definition) is 1. The number of amides is 3. The van der Waals surface area contributed by atoms with Crippen molar-refractivity contribution >= 4 is 29.4 Å². The number of aromatic nitrogens is 4. The van der Waals surface area contributed by atoms with Crippen LogP contribution in [0.1, 0.15) is 31.3 Å². The van der Waals surface area contributed by atoms with E-state index in [0.717, 1.165) is 0 Å². The number of piperazine rings is 1. The molecule has 0 bridgehead atoms. The third kappa shape index (κ3) is 5.50. The molecule has 0 spiro atoms. The molecule has 0 aromatic carbocycles. The maximum absolute atomic E-state index is 13.0. The fourth-order valence-electron chi connectivity index (χ4n) is 3.57. The summed E-state index contributed by atoms with van der Waals surface area (Å²) in [5.41, 5.74) is 1.43. The van der Waals surface area contributed by atoms with Gasteiger partial charge < -0.3 is 30.0 Å². The third-order valence-electron chi connectivity index (χ3n) is 5.51. The molecule has 1 unspecified atom stereocenters. The van der Waals surface area contributed by atoms with Crippen LogP contribution in [-0.4, -0.2) is 85.0 Å². The second-order valence-electron chi connectivity index (χ2n) is 7.90. The molecular formula is C20H28N8O6. The van der Waals surface area contributed by atoms with E-state index in [0.29, 0.717) is 49.9 Å². The van der Waals surface area contributed by atoms with E-state index in [1.165, 1.54) is 15.4 Å². The normalized spacial score (nSPS) is 14.6. The van der Waals surface area contributed by atoms with E-state index in [-0.39, 0.29) is 24.4 Å². The Morgan fingerprint density at radius 1 is 1.18 bits per heavy atom. The Hall–Kier alpha value is -3.97. The van der Waals surface area contributed by atoms with E-state index in [9.17, 15) is 24.5 Å². The first-order valence-electron chi connectivity index (χ1n) is 10.9. The molecule has 1 fully saturated rings. The quantitative estimate of drug-likeness (QED) is 0.460. The molecule has 0 radical (unpaired) electrons. The Morgan fingerprint density at radius 3 is 2.41 bits per heavy atom. The number of aryl methyl sites for hydroxylation is 2. The zero-order chi connectivity index (χ0) is 25.0. The van der Waals surface area contributed by atoms with Crippen LogP contribution in [0.3, 0.4) is 0 Å². The number of nitrogens with one attached hydrogen (secondary N) is 1. The minimum Gasteiger partial charge on any atom is -0.450 e. The molecule has 3 rings (SSSR count). The molecule has 1 aliphatic rings. The molecule has 2 aromatic rings. The van der Waals surface area contributed by atoms with Crippen molar-refractivity contribution in [2.45, 2.75) is 40.3 Å². The van der Waals surface area contributed by atoms with E-state index in [1.807, 2.05) is 0 Å². The minimum atomic E-state index is -0.620. The number of hydrogen-bond acceptors (Lipinski definition) is 8. The Balaban J connectivity index is 1.59. The summed E-state index contributed by atoms with van der Waals surface area (Å²) in [6.07, 6.45) is 1.19. The standard InChI is InChI=1S/C20H28N8O6/c1-5-34-20(31)25-8-6-24(7-9-25)19(30)15(4)27-11-16(14(3)22-27)21-18(29)12-26-13(2)10-17(23-26)28(32)33/h10-11,15H,5-9,12H2,1-4H3,(H,21,29). The van der Waals surface area contributed by atoms with Crippen LogP contribution in [0.25, 0.3) is 0 Å². The van der Waals surface area contributed by atoms with Crippen LogP contribution in [0, 0.1) is 24.0 Å². The lowest BCUT2D eigenvalue weighted by atomic mass is 10.2. The van der Waals surface area contributed by atoms with Crippen molar-refractivity contribution in [1.82, 2.24) is 29.4 Å². The lowest BCUT2D eigenvalue weighted by Gasteiger charge is -2.35. The van der Waals surface area contributed by atoms with Crippen molar-refractivity contribution < 1.29 is 24.0 Å². The summed E-state index contributed by atoms with van der Waals surface area (Å²) in [5, 5.41) is 21.7. The molecule has 1 N–H and O–H groups in total. The van der Waals surface area contributed by atoms with Gasteiger partial charge in [0, 0.05) is 32.4 Å². The molecule has 1 atom stereocenters. The van der Waals surface area contributed by atoms with Crippen molar-refractivity contribution in [3.63, 3.8) is 0 Å². The summed E-state index contributed by atoms with van der Waals surface area (Å²) in [7, 11) is 0. The highest BCUT2D eigenvalue weighted by molar-refractivity contribution is 5.91. The van der Waals surface area contributed by atoms with Gasteiger partial charge in [0.1, 0.15) is 12.6 Å². The van der Waals surface area contributed by atoms with Crippen LogP contribution in [0.2, 0.25) is 0 Å². The predicted molar refractivity (Wildman–Crippen MR) is 119 cm³/mol. The van der Waals surface area contributed by atoms with Gasteiger partial charge in [-0.15, -0.1) is 0 Å². The van der Waals surface area contributed by atoms with E-state index in [4.69, 9.17) is 4.74 Å². The smallest absolute Gasteiger partial charge is 0.409 e. The van der Waals surface area contributed by atoms with Gasteiger partial charge in [-0.3, -0.25) is 14.3 Å². The number of rotatable bonds is 7. The van der Waals surface area contributed by atoms with Gasteiger partial charge in [-0.2, -0.15) is 9.78 Å². The highest BCUT2D eigenvalue weighted by Crippen LogP contribution is 2.19. The monoisotopic (exact) mass is 476 g/mol. The summed E-state index contributed by atoms with van der Waals surface area (Å²) in [6, 6.07) is 0.672. The van der Waals surface area contributed by atoms with Crippen LogP contribution in [0.15, 0.2) is 12.3 Å². The summed E-state index contributed by atoms with van der Waals surface area (Å²) in [5.74, 6) is -0.911. The fraction of sp³-hybridized carbons (Fsp3) is 0.550. The second-order valence-corrected chi connectivity index (χ2v) is 7.90. The lowest BCUT2D eigenvalue weighted by molar-refractivity contribution is -0.389. The highest BCUT2D eigenvalue weighted by Gasteiger charge is 2.29. The number of anilines is 1. The third-order valence-corrected chi connectivity index (χ3v) is 5.51. The van der Waals surface area contributed by atoms with Gasteiger partial charge in [-0.1, -0.05) is 0 Å². The van der Waals surface area contributed by atoms with Gasteiger partial charge in [0.05, 0.1) is 34.8 Å². The number of ether oxygens (including phenoxy) is 1. The molecule has 0 saturated carbocycles. The molecule has 0 aliphatic carbocycles. The Morgan fingerprint density at radius 2 is 1.82 bits per heavy atom. The summed E-state index contributed by atoms with van der Waals surface area (Å²) < 4.78 is 7.72. The van der Waals surface area contributed by atoms with Gasteiger partial charge in [-0.25, -0.2) is 4.79 Å². The zero-order valence-electron chi connectivity index (χ0n) is 19.6. The Labute approximate surface area is 195 Å². The van der Waals surface area contributed by atoms with Gasteiger partial charge in [0.25, 0.3) is 0 Å². The van der Waals surface area contributed by atoms with Crippen molar-refractivity contribution in [1.29, 1.82) is 0 Å². The van der Waals surface area contributed by atoms with E-state index < -0.39 is 16.9 Å². The maximum atomic E-state index is 13.0. The predicted octanol–water partition coefficient (Wildman–Crippen LogP) is 1.11. The molecule has 2 aromatic heterocycles. The van der Waals surface area contributed by atoms with Gasteiger partial charge in [-0.05, 0) is 32.6 Å². The lowest BCUT2D eigenvalue weighted by Crippen LogP contribution is -2.52. The van der Waals surface area contributed by atoms with Crippen molar-refractivity contribution in [3.05, 3.63) is 33.8 Å². The number of nitro groups is 1. The van der Waals surface area contributed by atoms with Crippen LogP contribution in [-0.2, 0) is 20.9 Å². The van der Waals surface area contributed by atoms with E-state index in [1.54, 1.807) is 43.7 Å². The summed E-state index contributed by atoms with van der Waals surface area (Å²) in [6.45, 7) is 8.43. The largest absolute Gasteiger partial charge is 0.450 e. The van der Waals surface area contributed by atoms with Crippen molar-refractivity contribution in [2.24, 2.45) is 0 Å². The molecule has 34 heavy (non-hydrogen) atoms. The van der Waals surface area contributed by atoms with Gasteiger partial charge in [0.15, 0.2) is 0 Å². The van der Waals surface area contributed by atoms with Crippen LogP contribution < -0.4 is 5.32 Å². The summed E-state index contributed by atoms with van der Waals surface area (Å²) in [4.78, 5) is 50.7. The Bertz CT molecular complexity index is 1090. The van der Waals surface area contributed by atoms with Crippen molar-refractivity contribution in [3.8, 4) is 0 Å². The average Bonchev–Trinajstić information content (AvgIpc) is 3.35. The molecule has 3 amide bonds. The summed E-state index contributed by atoms with van der Waals surface area (Å²) >= 11 is 0. The topological polar surface area (TPSA) is 158 Å². The fourth-order valence-corrected chi connectivity index (χ4v) is 3.57. The minimum absolute atomic E-state index is 0.150. The molecular weight excluding hydrogens is 448 g/mol. The first-order valence-corrected chi connectivity index (χ1v) is 10.9. The SMILES string of the molecule is CCOC(=O)N1CCN(C(=O)C(C)n2cc(NC(=O)Cn3nc([N+](=O)[O-])cc3C)c(C)n2)CC1. The molecule has 3 heterocycles. The average molecular weight is 476 g/mol. The van der Waals surface area contributed by atoms with Gasteiger partial charge >= 0.3 is 11.9 Å². The molecule has 1 aliphatic heterocycles. The van der Waals surface area contributed by atoms with E-state index in [2.05, 4.69) is 15.5 Å². The number of nitrogens with zero attached hydrogens (tertiary/aromatic N) is 7. The zero-order valence-corrected chi connectivity index (χ0v) is 19.6. The number of carbonyl (C=O) groups is 3.